The van der Waals surface area contributed by atoms with Crippen LogP contribution in [-0.4, -0.2) is 12.5 Å². The maximum absolute atomic E-state index is 11.4. The minimum Gasteiger partial charge on any atom is -0.482 e. The van der Waals surface area contributed by atoms with Gasteiger partial charge in [0.15, 0.2) is 6.61 Å². The fourth-order valence-corrected chi connectivity index (χ4v) is 3.49. The number of ether oxygens (including phenoxy) is 1. The lowest BCUT2D eigenvalue weighted by molar-refractivity contribution is -0.118. The zero-order chi connectivity index (χ0) is 14.5. The summed E-state index contributed by atoms with van der Waals surface area (Å²) in [4.78, 5) is 11.7. The Balaban J connectivity index is 2.15. The van der Waals surface area contributed by atoms with Crippen molar-refractivity contribution in [1.82, 2.24) is 0 Å². The molecule has 1 heterocycles. The normalized spacial score (nSPS) is 16.9. The summed E-state index contributed by atoms with van der Waals surface area (Å²) in [7, 11) is 0. The molecule has 0 aromatic heterocycles. The van der Waals surface area contributed by atoms with Gasteiger partial charge in [0.25, 0.3) is 5.91 Å². The Hall–Kier alpha value is -1.03. The first-order chi connectivity index (χ1) is 9.65. The first kappa shape index (κ1) is 15.4. The van der Waals surface area contributed by atoms with Gasteiger partial charge in [0, 0.05) is 4.83 Å². The summed E-state index contributed by atoms with van der Waals surface area (Å²) in [6.07, 6.45) is 4.86. The molecule has 1 aromatic carbocycles. The molecule has 0 fully saturated rings. The van der Waals surface area contributed by atoms with E-state index in [1.165, 1.54) is 24.8 Å². The van der Waals surface area contributed by atoms with Crippen LogP contribution in [0.2, 0.25) is 0 Å². The van der Waals surface area contributed by atoms with Crippen LogP contribution in [0.3, 0.4) is 0 Å². The quantitative estimate of drug-likeness (QED) is 0.764. The van der Waals surface area contributed by atoms with E-state index in [4.69, 9.17) is 4.74 Å². The third-order valence-electron chi connectivity index (χ3n) is 3.82. The van der Waals surface area contributed by atoms with Crippen molar-refractivity contribution >= 4 is 27.5 Å². The predicted molar refractivity (Wildman–Crippen MR) is 85.5 cm³/mol. The number of anilines is 1. The molecule has 110 valence electrons. The van der Waals surface area contributed by atoms with Crippen LogP contribution < -0.4 is 10.1 Å². The van der Waals surface area contributed by atoms with E-state index in [1.54, 1.807) is 0 Å². The third kappa shape index (κ3) is 3.54. The van der Waals surface area contributed by atoms with Crippen LogP contribution in [0.4, 0.5) is 5.69 Å². The first-order valence-corrected chi connectivity index (χ1v) is 8.28. The summed E-state index contributed by atoms with van der Waals surface area (Å²) < 4.78 is 5.39. The zero-order valence-corrected chi connectivity index (χ0v) is 13.7. The van der Waals surface area contributed by atoms with E-state index in [2.05, 4.69) is 41.2 Å². The molecule has 1 aromatic rings. The van der Waals surface area contributed by atoms with Gasteiger partial charge in [-0.2, -0.15) is 0 Å². The second-order valence-corrected chi connectivity index (χ2v) is 6.29. The number of carbonyl (C=O) groups excluding carboxylic acids is 1. The molecule has 20 heavy (non-hydrogen) atoms. The molecule has 2 unspecified atom stereocenters. The molecular formula is C16H22BrNO2. The third-order valence-corrected chi connectivity index (χ3v) is 5.10. The number of amides is 1. The molecule has 4 heteroatoms. The van der Waals surface area contributed by atoms with Crippen molar-refractivity contribution in [3.8, 4) is 5.75 Å². The Bertz CT molecular complexity index is 476. The van der Waals surface area contributed by atoms with Crippen LogP contribution in [0.1, 0.15) is 49.9 Å². The molecule has 0 spiro atoms. The fourth-order valence-electron chi connectivity index (χ4n) is 2.57. The van der Waals surface area contributed by atoms with Crippen molar-refractivity contribution in [2.75, 3.05) is 11.9 Å². The summed E-state index contributed by atoms with van der Waals surface area (Å²) in [5.74, 6) is 1.29. The highest BCUT2D eigenvalue weighted by molar-refractivity contribution is 9.09. The van der Waals surface area contributed by atoms with Gasteiger partial charge < -0.3 is 10.1 Å². The van der Waals surface area contributed by atoms with Crippen molar-refractivity contribution in [2.24, 2.45) is 5.92 Å². The number of rotatable bonds is 6. The molecule has 0 bridgehead atoms. The molecular weight excluding hydrogens is 318 g/mol. The highest BCUT2D eigenvalue weighted by atomic mass is 79.9. The highest BCUT2D eigenvalue weighted by Gasteiger charge is 2.22. The number of unbranched alkanes of at least 4 members (excludes halogenated alkanes) is 1. The van der Waals surface area contributed by atoms with E-state index in [-0.39, 0.29) is 12.5 Å². The van der Waals surface area contributed by atoms with Crippen LogP contribution in [-0.2, 0) is 4.79 Å². The number of alkyl halides is 1. The smallest absolute Gasteiger partial charge is 0.262 e. The Morgan fingerprint density at radius 1 is 1.40 bits per heavy atom. The molecule has 1 amide bonds. The van der Waals surface area contributed by atoms with Gasteiger partial charge in [-0.1, -0.05) is 55.1 Å². The molecule has 2 atom stereocenters. The van der Waals surface area contributed by atoms with Crippen molar-refractivity contribution in [1.29, 1.82) is 0 Å². The van der Waals surface area contributed by atoms with Crippen LogP contribution in [0, 0.1) is 5.92 Å². The van der Waals surface area contributed by atoms with Crippen molar-refractivity contribution in [2.45, 2.75) is 44.4 Å². The average Bonchev–Trinajstić information content (AvgIpc) is 2.47. The largest absolute Gasteiger partial charge is 0.482 e. The zero-order valence-electron chi connectivity index (χ0n) is 12.1. The highest BCUT2D eigenvalue weighted by Crippen LogP contribution is 2.39. The Labute approximate surface area is 129 Å². The lowest BCUT2D eigenvalue weighted by Gasteiger charge is -2.24. The maximum Gasteiger partial charge on any atom is 0.262 e. The molecule has 1 N–H and O–H groups in total. The molecule has 0 saturated carbocycles. The van der Waals surface area contributed by atoms with Crippen molar-refractivity contribution in [3.05, 3.63) is 23.8 Å². The number of fused-ring (bicyclic) bond motifs is 1. The first-order valence-electron chi connectivity index (χ1n) is 7.36. The lowest BCUT2D eigenvalue weighted by Crippen LogP contribution is -2.25. The Kier molecular flexibility index (Phi) is 5.46. The van der Waals surface area contributed by atoms with Gasteiger partial charge in [-0.25, -0.2) is 0 Å². The summed E-state index contributed by atoms with van der Waals surface area (Å²) in [5, 5.41) is 2.87. The number of benzene rings is 1. The van der Waals surface area contributed by atoms with E-state index in [9.17, 15) is 4.79 Å². The SMILES string of the molecule is CCCCC(CC)C(Br)c1ccc2c(c1)NC(=O)CO2. The van der Waals surface area contributed by atoms with E-state index in [0.717, 1.165) is 17.9 Å². The molecule has 0 saturated heterocycles. The molecule has 0 radical (unpaired) electrons. The van der Waals surface area contributed by atoms with Gasteiger partial charge in [0.05, 0.1) is 5.69 Å². The Morgan fingerprint density at radius 2 is 2.20 bits per heavy atom. The van der Waals surface area contributed by atoms with Crippen molar-refractivity contribution < 1.29 is 9.53 Å². The van der Waals surface area contributed by atoms with E-state index in [0.29, 0.717) is 10.7 Å². The molecule has 1 aliphatic heterocycles. The molecule has 1 aliphatic rings. The maximum atomic E-state index is 11.4. The number of carbonyl (C=O) groups is 1. The minimum absolute atomic E-state index is 0.0844. The lowest BCUT2D eigenvalue weighted by atomic mass is 9.91. The van der Waals surface area contributed by atoms with Gasteiger partial charge in [-0.15, -0.1) is 0 Å². The molecule has 2 rings (SSSR count). The van der Waals surface area contributed by atoms with E-state index in [1.807, 2.05) is 12.1 Å². The van der Waals surface area contributed by atoms with Gasteiger partial charge in [-0.3, -0.25) is 4.79 Å². The monoisotopic (exact) mass is 339 g/mol. The molecule has 0 aliphatic carbocycles. The van der Waals surface area contributed by atoms with Gasteiger partial charge in [0.1, 0.15) is 5.75 Å². The number of hydrogen-bond donors (Lipinski definition) is 1. The summed E-state index contributed by atoms with van der Waals surface area (Å²) in [6, 6.07) is 6.07. The van der Waals surface area contributed by atoms with Gasteiger partial charge in [0.2, 0.25) is 0 Å². The predicted octanol–water partition coefficient (Wildman–Crippen LogP) is 4.67. The van der Waals surface area contributed by atoms with Gasteiger partial charge >= 0.3 is 0 Å². The summed E-state index contributed by atoms with van der Waals surface area (Å²) >= 11 is 3.83. The average molecular weight is 340 g/mol. The Morgan fingerprint density at radius 3 is 2.90 bits per heavy atom. The van der Waals surface area contributed by atoms with E-state index < -0.39 is 0 Å². The standard InChI is InChI=1S/C16H22BrNO2/c1-3-5-6-11(4-2)16(17)12-7-8-14-13(9-12)18-15(19)10-20-14/h7-9,11,16H,3-6,10H2,1-2H3,(H,18,19). The van der Waals surface area contributed by atoms with Crippen LogP contribution >= 0.6 is 15.9 Å². The van der Waals surface area contributed by atoms with Crippen LogP contribution in [0.25, 0.3) is 0 Å². The summed E-state index contributed by atoms with van der Waals surface area (Å²) in [6.45, 7) is 4.57. The van der Waals surface area contributed by atoms with Crippen molar-refractivity contribution in [3.63, 3.8) is 0 Å². The van der Waals surface area contributed by atoms with E-state index >= 15 is 0 Å². The van der Waals surface area contributed by atoms with Gasteiger partial charge in [-0.05, 0) is 30.0 Å². The fraction of sp³-hybridized carbons (Fsp3) is 0.562. The number of halogens is 1. The number of hydrogen-bond acceptors (Lipinski definition) is 2. The topological polar surface area (TPSA) is 38.3 Å². The molecule has 3 nitrogen and oxygen atoms in total. The minimum atomic E-state index is -0.0844. The number of nitrogens with one attached hydrogen (secondary N) is 1. The summed E-state index contributed by atoms with van der Waals surface area (Å²) in [5.41, 5.74) is 1.99. The van der Waals surface area contributed by atoms with Crippen LogP contribution in [0.5, 0.6) is 5.75 Å². The second kappa shape index (κ2) is 7.11. The van der Waals surface area contributed by atoms with Crippen LogP contribution in [0.15, 0.2) is 18.2 Å². The second-order valence-electron chi connectivity index (χ2n) is 5.30.